The van der Waals surface area contributed by atoms with Gasteiger partial charge in [0.1, 0.15) is 0 Å². The van der Waals surface area contributed by atoms with E-state index in [2.05, 4.69) is 10.0 Å². The van der Waals surface area contributed by atoms with Crippen LogP contribution in [0.1, 0.15) is 24.0 Å². The molecule has 2 aromatic rings. The first-order chi connectivity index (χ1) is 13.6. The van der Waals surface area contributed by atoms with Crippen LogP contribution in [-0.2, 0) is 24.7 Å². The Hall–Kier alpha value is -2.23. The van der Waals surface area contributed by atoms with Crippen LogP contribution in [0, 0.1) is 13.8 Å². The Morgan fingerprint density at radius 3 is 2.31 bits per heavy atom. The van der Waals surface area contributed by atoms with Gasteiger partial charge in [0.05, 0.1) is 15.5 Å². The van der Waals surface area contributed by atoms with E-state index in [0.717, 1.165) is 5.56 Å². The van der Waals surface area contributed by atoms with Gasteiger partial charge in [0.2, 0.25) is 15.9 Å². The zero-order valence-corrected chi connectivity index (χ0v) is 18.1. The molecule has 7 nitrogen and oxygen atoms in total. The minimum Gasteiger partial charge on any atom is -0.356 e. The summed E-state index contributed by atoms with van der Waals surface area (Å²) >= 11 is 0. The summed E-state index contributed by atoms with van der Waals surface area (Å²) in [6, 6.07) is 13.3. The SMILES string of the molecule is Cc1ccc(C)c(S(=O)(=O)NCCC(=O)NCCCS(=O)(=O)c2ccccc2)c1. The van der Waals surface area contributed by atoms with E-state index in [9.17, 15) is 21.6 Å². The third kappa shape index (κ3) is 6.95. The van der Waals surface area contributed by atoms with Gasteiger partial charge in [-0.15, -0.1) is 0 Å². The fraction of sp³-hybridized carbons (Fsp3) is 0.350. The van der Waals surface area contributed by atoms with Crippen molar-refractivity contribution in [3.05, 3.63) is 59.7 Å². The molecule has 0 fully saturated rings. The molecule has 158 valence electrons. The molecule has 0 aromatic heterocycles. The lowest BCUT2D eigenvalue weighted by atomic mass is 10.2. The third-order valence-corrected chi connectivity index (χ3v) is 7.71. The van der Waals surface area contributed by atoms with Crippen molar-refractivity contribution in [2.24, 2.45) is 0 Å². The first-order valence-electron chi connectivity index (χ1n) is 9.23. The quantitative estimate of drug-likeness (QED) is 0.551. The Morgan fingerprint density at radius 2 is 1.62 bits per heavy atom. The van der Waals surface area contributed by atoms with Gasteiger partial charge in [0.15, 0.2) is 9.84 Å². The minimum atomic E-state index is -3.69. The van der Waals surface area contributed by atoms with E-state index >= 15 is 0 Å². The van der Waals surface area contributed by atoms with Gasteiger partial charge in [-0.25, -0.2) is 21.6 Å². The van der Waals surface area contributed by atoms with E-state index in [1.165, 1.54) is 12.1 Å². The molecular formula is C20H26N2O5S2. The molecule has 2 aromatic carbocycles. The number of hydrogen-bond donors (Lipinski definition) is 2. The van der Waals surface area contributed by atoms with Crippen LogP contribution in [0.15, 0.2) is 58.3 Å². The van der Waals surface area contributed by atoms with Gasteiger partial charge in [0.25, 0.3) is 0 Å². The minimum absolute atomic E-state index is 0.0322. The van der Waals surface area contributed by atoms with Crippen molar-refractivity contribution in [2.75, 3.05) is 18.8 Å². The number of amides is 1. The molecule has 29 heavy (non-hydrogen) atoms. The predicted molar refractivity (Wildman–Crippen MR) is 112 cm³/mol. The molecule has 0 spiro atoms. The molecule has 0 aliphatic rings. The Balaban J connectivity index is 1.74. The van der Waals surface area contributed by atoms with E-state index in [0.29, 0.717) is 5.56 Å². The summed E-state index contributed by atoms with van der Waals surface area (Å²) < 4.78 is 51.5. The van der Waals surface area contributed by atoms with E-state index < -0.39 is 19.9 Å². The number of rotatable bonds is 10. The summed E-state index contributed by atoms with van der Waals surface area (Å²) in [5.74, 6) is -0.415. The Labute approximate surface area is 172 Å². The van der Waals surface area contributed by atoms with Gasteiger partial charge in [-0.1, -0.05) is 30.3 Å². The van der Waals surface area contributed by atoms with Gasteiger partial charge in [0, 0.05) is 19.5 Å². The molecule has 1 amide bonds. The summed E-state index contributed by atoms with van der Waals surface area (Å²) in [5.41, 5.74) is 1.46. The standard InChI is InChI=1S/C20H26N2O5S2/c1-16-9-10-17(2)19(15-16)29(26,27)22-13-11-20(23)21-12-6-14-28(24,25)18-7-4-3-5-8-18/h3-5,7-10,15,22H,6,11-14H2,1-2H3,(H,21,23). The van der Waals surface area contributed by atoms with Gasteiger partial charge >= 0.3 is 0 Å². The fourth-order valence-electron chi connectivity index (χ4n) is 2.70. The number of sulfone groups is 1. The molecule has 2 rings (SSSR count). The number of hydrogen-bond acceptors (Lipinski definition) is 5. The molecule has 2 N–H and O–H groups in total. The molecule has 0 aliphatic carbocycles. The third-order valence-electron chi connectivity index (χ3n) is 4.29. The normalized spacial score (nSPS) is 11.9. The Morgan fingerprint density at radius 1 is 0.931 bits per heavy atom. The van der Waals surface area contributed by atoms with Crippen LogP contribution in [0.2, 0.25) is 0 Å². The van der Waals surface area contributed by atoms with Crippen molar-refractivity contribution in [3.8, 4) is 0 Å². The number of benzene rings is 2. The number of aryl methyl sites for hydroxylation is 2. The maximum atomic E-state index is 12.4. The van der Waals surface area contributed by atoms with Gasteiger partial charge < -0.3 is 5.32 Å². The van der Waals surface area contributed by atoms with E-state index in [4.69, 9.17) is 0 Å². The van der Waals surface area contributed by atoms with Gasteiger partial charge in [-0.3, -0.25) is 4.79 Å². The Kier molecular flexibility index (Phi) is 7.95. The van der Waals surface area contributed by atoms with Crippen LogP contribution in [0.3, 0.4) is 0 Å². The highest BCUT2D eigenvalue weighted by molar-refractivity contribution is 7.91. The monoisotopic (exact) mass is 438 g/mol. The zero-order valence-electron chi connectivity index (χ0n) is 16.5. The van der Waals surface area contributed by atoms with Crippen molar-refractivity contribution in [1.29, 1.82) is 0 Å². The lowest BCUT2D eigenvalue weighted by molar-refractivity contribution is -0.120. The van der Waals surface area contributed by atoms with Crippen LogP contribution in [0.25, 0.3) is 0 Å². The van der Waals surface area contributed by atoms with Crippen molar-refractivity contribution in [2.45, 2.75) is 36.5 Å². The molecule has 0 saturated heterocycles. The highest BCUT2D eigenvalue weighted by Gasteiger charge is 2.17. The molecule has 0 atom stereocenters. The largest absolute Gasteiger partial charge is 0.356 e. The van der Waals surface area contributed by atoms with E-state index in [1.807, 2.05) is 13.0 Å². The van der Waals surface area contributed by atoms with Crippen LogP contribution in [-0.4, -0.2) is 41.6 Å². The molecule has 0 saturated carbocycles. The smallest absolute Gasteiger partial charge is 0.240 e. The topological polar surface area (TPSA) is 109 Å². The lowest BCUT2D eigenvalue weighted by Crippen LogP contribution is -2.32. The molecule has 0 bridgehead atoms. The lowest BCUT2D eigenvalue weighted by Gasteiger charge is -2.10. The molecule has 0 unspecified atom stereocenters. The first kappa shape index (κ1) is 23.1. The second kappa shape index (κ2) is 10.00. The van der Waals surface area contributed by atoms with Crippen LogP contribution < -0.4 is 10.0 Å². The summed E-state index contributed by atoms with van der Waals surface area (Å²) in [7, 11) is -7.07. The van der Waals surface area contributed by atoms with E-state index in [-0.39, 0.29) is 47.4 Å². The molecule has 0 heterocycles. The highest BCUT2D eigenvalue weighted by atomic mass is 32.2. The van der Waals surface area contributed by atoms with E-state index in [1.54, 1.807) is 37.3 Å². The van der Waals surface area contributed by atoms with Crippen molar-refractivity contribution in [1.82, 2.24) is 10.0 Å². The second-order valence-corrected chi connectivity index (χ2v) is 10.6. The Bertz CT molecular complexity index is 1050. The zero-order chi connectivity index (χ0) is 21.5. The van der Waals surface area contributed by atoms with Crippen LogP contribution in [0.4, 0.5) is 0 Å². The average molecular weight is 439 g/mol. The van der Waals surface area contributed by atoms with Crippen LogP contribution in [0.5, 0.6) is 0 Å². The first-order valence-corrected chi connectivity index (χ1v) is 12.4. The molecule has 0 radical (unpaired) electrons. The number of sulfonamides is 1. The maximum Gasteiger partial charge on any atom is 0.240 e. The van der Waals surface area contributed by atoms with Gasteiger partial charge in [-0.05, 0) is 49.6 Å². The summed E-state index contributed by atoms with van der Waals surface area (Å²) in [5, 5.41) is 2.62. The summed E-state index contributed by atoms with van der Waals surface area (Å²) in [6.07, 6.45) is 0.243. The molecule has 9 heteroatoms. The molecule has 0 aliphatic heterocycles. The van der Waals surface area contributed by atoms with Crippen LogP contribution >= 0.6 is 0 Å². The van der Waals surface area contributed by atoms with Crippen molar-refractivity contribution < 1.29 is 21.6 Å². The predicted octanol–water partition coefficient (Wildman–Crippen LogP) is 1.95. The van der Waals surface area contributed by atoms with Crippen molar-refractivity contribution in [3.63, 3.8) is 0 Å². The second-order valence-electron chi connectivity index (χ2n) is 6.75. The fourth-order valence-corrected chi connectivity index (χ4v) is 5.39. The highest BCUT2D eigenvalue weighted by Crippen LogP contribution is 2.16. The summed E-state index contributed by atoms with van der Waals surface area (Å²) in [6.45, 7) is 3.69. The maximum absolute atomic E-state index is 12.4. The summed E-state index contributed by atoms with van der Waals surface area (Å²) in [4.78, 5) is 12.3. The number of nitrogens with one attached hydrogen (secondary N) is 2. The molecular weight excluding hydrogens is 412 g/mol. The average Bonchev–Trinajstić information content (AvgIpc) is 2.67. The van der Waals surface area contributed by atoms with Crippen molar-refractivity contribution >= 4 is 25.8 Å². The number of carbonyl (C=O) groups is 1. The number of carbonyl (C=O) groups excluding carboxylic acids is 1. The van der Waals surface area contributed by atoms with Gasteiger partial charge in [-0.2, -0.15) is 0 Å².